The molecule has 5 heterocycles. The van der Waals surface area contributed by atoms with Gasteiger partial charge in [0.05, 0.1) is 23.2 Å². The van der Waals surface area contributed by atoms with Gasteiger partial charge < -0.3 is 35.3 Å². The number of piperazine rings is 1. The van der Waals surface area contributed by atoms with Crippen LogP contribution in [0.3, 0.4) is 0 Å². The van der Waals surface area contributed by atoms with Gasteiger partial charge in [0.25, 0.3) is 0 Å². The third kappa shape index (κ3) is 9.42. The first kappa shape index (κ1) is 49.5. The summed E-state index contributed by atoms with van der Waals surface area (Å²) in [4.78, 5) is 84.4. The molecular formula is C57H61N9O6. The van der Waals surface area contributed by atoms with Crippen LogP contribution in [0.25, 0.3) is 27.2 Å². The second kappa shape index (κ2) is 21.5. The molecule has 4 aliphatic rings. The number of carbonyl (C=O) groups excluding carboxylic acids is 6. The number of aromatic amines is 1. The van der Waals surface area contributed by atoms with Gasteiger partial charge in [0, 0.05) is 128 Å². The number of hydrogen-bond donors (Lipinski definition) is 4. The number of benzene rings is 3. The van der Waals surface area contributed by atoms with Crippen LogP contribution in [0.4, 0.5) is 11.4 Å². The number of aromatic nitrogens is 2. The standard InChI is InChI=1S/C57H61N9O6/c1-4-38-29-43-44(33-68)54-41-14-12-37(31-58)28-47(41)62-56(54)57(2,3)45(43)30-50(38)65-22-16-40(17-23-65)64-26-24-63(25-27-64)21-18-53(72)60-20-8-6-5-7-19-59-46-11-9-10-42-51(35-70)66(52(36-71)55(42)46)49-15-13-39(32-67)61-48(49)34-69/h9-12,14,28-30,40,49,59,61-62H,4-8,13,15-27H2,1-3H3,(H,60,72). The summed E-state index contributed by atoms with van der Waals surface area (Å²) in [7, 11) is 0. The van der Waals surface area contributed by atoms with Gasteiger partial charge in [-0.3, -0.25) is 9.69 Å². The molecule has 0 spiro atoms. The van der Waals surface area contributed by atoms with E-state index in [0.717, 1.165) is 124 Å². The highest BCUT2D eigenvalue weighted by Gasteiger charge is 2.40. The van der Waals surface area contributed by atoms with Gasteiger partial charge in [-0.05, 0) is 85.5 Å². The predicted molar refractivity (Wildman–Crippen MR) is 278 cm³/mol. The number of carbonyl (C=O) groups is 1. The fourth-order valence-corrected chi connectivity index (χ4v) is 11.7. The second-order valence-electron chi connectivity index (χ2n) is 20.0. The fourth-order valence-electron chi connectivity index (χ4n) is 11.7. The van der Waals surface area contributed by atoms with Crippen molar-refractivity contribution in [3.63, 3.8) is 0 Å². The quantitative estimate of drug-likeness (QED) is 0.0845. The summed E-state index contributed by atoms with van der Waals surface area (Å²) in [6.45, 7) is 14.4. The molecule has 3 aromatic carbocycles. The van der Waals surface area contributed by atoms with E-state index in [9.17, 15) is 34.0 Å². The highest BCUT2D eigenvalue weighted by molar-refractivity contribution is 6.10. The number of aryl methyl sites for hydroxylation is 1. The maximum Gasteiger partial charge on any atom is 0.221 e. The third-order valence-corrected chi connectivity index (χ3v) is 15.6. The zero-order chi connectivity index (χ0) is 50.5. The van der Waals surface area contributed by atoms with Crippen LogP contribution in [0.5, 0.6) is 0 Å². The Hall–Kier alpha value is -7.47. The molecule has 3 saturated heterocycles. The van der Waals surface area contributed by atoms with Crippen molar-refractivity contribution in [2.75, 3.05) is 69.1 Å². The Morgan fingerprint density at radius 3 is 2.28 bits per heavy atom. The van der Waals surface area contributed by atoms with Crippen molar-refractivity contribution in [3.05, 3.63) is 104 Å². The number of amides is 1. The SMILES string of the molecule is CCc1cc2c(cc1N1CCC(N3CCN(CCC(=O)NCCCCCCNc4cccc5c(=C=O)n(C6CCC(=C=O)NC6=C=O)c(=C=O)c45)CC3)CC1)C(C)(C)c1[nH]c3cc(C#N)ccc3c1C2=C=O. The van der Waals surface area contributed by atoms with Crippen molar-refractivity contribution >= 4 is 74.2 Å². The number of hydrogen-bond acceptors (Lipinski definition) is 12. The maximum absolute atomic E-state index is 12.8. The Morgan fingerprint density at radius 2 is 1.58 bits per heavy atom. The topological polar surface area (TPSA) is 193 Å². The zero-order valence-electron chi connectivity index (χ0n) is 41.4. The van der Waals surface area contributed by atoms with Crippen LogP contribution in [-0.4, -0.2) is 120 Å². The highest BCUT2D eigenvalue weighted by Crippen LogP contribution is 2.50. The molecule has 15 nitrogen and oxygen atoms in total. The molecule has 1 atom stereocenters. The number of H-pyrrole nitrogens is 1. The van der Waals surface area contributed by atoms with E-state index in [1.807, 2.05) is 42.1 Å². The molecule has 3 fully saturated rings. The Kier molecular flexibility index (Phi) is 14.8. The van der Waals surface area contributed by atoms with E-state index in [2.05, 4.69) is 80.5 Å². The molecule has 1 amide bonds. The minimum Gasteiger partial charge on any atom is -0.384 e. The van der Waals surface area contributed by atoms with Crippen molar-refractivity contribution in [2.45, 2.75) is 102 Å². The molecule has 3 aliphatic heterocycles. The summed E-state index contributed by atoms with van der Waals surface area (Å²) < 4.78 is 1.46. The lowest BCUT2D eigenvalue weighted by molar-refractivity contribution is -0.121. The lowest BCUT2D eigenvalue weighted by Crippen LogP contribution is -2.53. The molecule has 0 bridgehead atoms. The normalized spacial score (nSPS) is 18.0. The summed E-state index contributed by atoms with van der Waals surface area (Å²) in [5, 5.41) is 21.0. The third-order valence-electron chi connectivity index (χ3n) is 15.6. The summed E-state index contributed by atoms with van der Waals surface area (Å²) >= 11 is 0. The average Bonchev–Trinajstić information content (AvgIpc) is 3.97. The first-order valence-corrected chi connectivity index (χ1v) is 25.5. The molecule has 72 heavy (non-hydrogen) atoms. The van der Waals surface area contributed by atoms with Gasteiger partial charge in [0.15, 0.2) is 11.9 Å². The molecule has 0 radical (unpaired) electrons. The number of allylic oxidation sites excluding steroid dienone is 2. The zero-order valence-corrected chi connectivity index (χ0v) is 41.4. The molecule has 9 rings (SSSR count). The number of rotatable bonds is 15. The van der Waals surface area contributed by atoms with Crippen molar-refractivity contribution in [2.24, 2.45) is 0 Å². The van der Waals surface area contributed by atoms with Gasteiger partial charge in [0.2, 0.25) is 5.91 Å². The first-order valence-electron chi connectivity index (χ1n) is 25.5. The number of nitriles is 1. The number of nitrogens with one attached hydrogen (secondary N) is 4. The van der Waals surface area contributed by atoms with Crippen LogP contribution in [0.15, 0.2) is 59.9 Å². The molecule has 0 saturated carbocycles. The molecule has 1 unspecified atom stereocenters. The molecule has 2 aromatic heterocycles. The highest BCUT2D eigenvalue weighted by atomic mass is 16.1. The fraction of sp³-hybridized carbons (Fsp3) is 0.439. The van der Waals surface area contributed by atoms with Crippen LogP contribution < -0.4 is 31.5 Å². The Balaban J connectivity index is 0.694. The summed E-state index contributed by atoms with van der Waals surface area (Å²) in [5.74, 6) is 9.93. The van der Waals surface area contributed by atoms with E-state index < -0.39 is 11.5 Å². The van der Waals surface area contributed by atoms with Crippen LogP contribution in [0.2, 0.25) is 0 Å². The Labute approximate surface area is 418 Å². The van der Waals surface area contributed by atoms with E-state index >= 15 is 0 Å². The minimum absolute atomic E-state index is 0.0385. The van der Waals surface area contributed by atoms with Gasteiger partial charge >= 0.3 is 0 Å². The molecule has 1 aliphatic carbocycles. The number of piperidine rings is 2. The van der Waals surface area contributed by atoms with Crippen molar-refractivity contribution in [1.29, 1.82) is 5.26 Å². The van der Waals surface area contributed by atoms with Crippen molar-refractivity contribution < 1.29 is 28.8 Å². The maximum atomic E-state index is 12.8. The first-order chi connectivity index (χ1) is 35.1. The van der Waals surface area contributed by atoms with Crippen LogP contribution in [0.1, 0.15) is 118 Å². The van der Waals surface area contributed by atoms with Gasteiger partial charge in [0.1, 0.15) is 39.9 Å². The summed E-state index contributed by atoms with van der Waals surface area (Å²) in [5.41, 5.74) is 8.95. The Bertz CT molecular complexity index is 3310. The monoisotopic (exact) mass is 967 g/mol. The summed E-state index contributed by atoms with van der Waals surface area (Å²) in [6.07, 6.45) is 7.66. The molecule has 370 valence electrons. The van der Waals surface area contributed by atoms with Crippen LogP contribution in [0, 0.1) is 11.3 Å². The number of unbranched alkanes of at least 4 members (excludes halogenated alkanes) is 3. The van der Waals surface area contributed by atoms with Crippen molar-refractivity contribution in [1.82, 2.24) is 30.0 Å². The smallest absolute Gasteiger partial charge is 0.221 e. The molecule has 15 heteroatoms. The van der Waals surface area contributed by atoms with E-state index in [1.165, 1.54) is 15.8 Å². The number of nitrogens with zero attached hydrogens (tertiary/aromatic N) is 5. The number of anilines is 2. The van der Waals surface area contributed by atoms with Gasteiger partial charge in [-0.2, -0.15) is 5.26 Å². The number of fused-ring (bicyclic) bond motifs is 5. The van der Waals surface area contributed by atoms with E-state index in [-0.39, 0.29) is 34.4 Å². The molecule has 5 aromatic rings. The Morgan fingerprint density at radius 1 is 0.819 bits per heavy atom. The van der Waals surface area contributed by atoms with E-state index in [1.54, 1.807) is 18.1 Å². The summed E-state index contributed by atoms with van der Waals surface area (Å²) in [6, 6.07) is 17.6. The van der Waals surface area contributed by atoms with Gasteiger partial charge in [-0.25, -0.2) is 24.0 Å². The molecule has 4 N–H and O–H groups in total. The largest absolute Gasteiger partial charge is 0.384 e. The second-order valence-corrected chi connectivity index (χ2v) is 20.0. The van der Waals surface area contributed by atoms with Gasteiger partial charge in [-0.1, -0.05) is 51.8 Å². The van der Waals surface area contributed by atoms with E-state index in [0.29, 0.717) is 59.6 Å². The predicted octanol–water partition coefficient (Wildman–Crippen LogP) is 4.59. The molecular weight excluding hydrogens is 907 g/mol. The van der Waals surface area contributed by atoms with Crippen LogP contribution >= 0.6 is 0 Å². The van der Waals surface area contributed by atoms with Crippen molar-refractivity contribution in [3.8, 4) is 6.07 Å². The lowest BCUT2D eigenvalue weighted by Gasteiger charge is -2.44. The van der Waals surface area contributed by atoms with Crippen LogP contribution in [-0.2, 0) is 40.6 Å². The van der Waals surface area contributed by atoms with E-state index in [4.69, 9.17) is 0 Å². The average molecular weight is 968 g/mol. The minimum atomic E-state index is -0.719. The van der Waals surface area contributed by atoms with Gasteiger partial charge in [-0.15, -0.1) is 0 Å². The lowest BCUT2D eigenvalue weighted by atomic mass is 9.69.